The first-order valence-corrected chi connectivity index (χ1v) is 5.86. The molecule has 5 nitrogen and oxygen atoms in total. The second-order valence-corrected chi connectivity index (χ2v) is 5.35. The molecule has 1 atom stereocenters. The van der Waals surface area contributed by atoms with Gasteiger partial charge in [0, 0.05) is 7.05 Å². The van der Waals surface area contributed by atoms with Crippen molar-refractivity contribution in [1.82, 2.24) is 0 Å². The number of para-hydroxylation sites is 1. The number of carbonyl (C=O) groups excluding carboxylic acids is 1. The Bertz CT molecular complexity index is 524. The molecule has 1 aromatic rings. The lowest BCUT2D eigenvalue weighted by Gasteiger charge is -2.17. The van der Waals surface area contributed by atoms with Crippen LogP contribution in [0.1, 0.15) is 0 Å². The van der Waals surface area contributed by atoms with Crippen molar-refractivity contribution in [2.24, 2.45) is 5.73 Å². The predicted octanol–water partition coefficient (Wildman–Crippen LogP) is -0.278. The van der Waals surface area contributed by atoms with Gasteiger partial charge in [-0.05, 0) is 12.1 Å². The zero-order valence-electron chi connectivity index (χ0n) is 8.04. The van der Waals surface area contributed by atoms with Gasteiger partial charge < -0.3 is 10.6 Å². The van der Waals surface area contributed by atoms with Crippen LogP contribution in [0.25, 0.3) is 0 Å². The molecule has 0 aliphatic carbocycles. The Kier molecular flexibility index (Phi) is 1.97. The highest BCUT2D eigenvalue weighted by Crippen LogP contribution is 2.36. The molecule has 2 rings (SSSR count). The van der Waals surface area contributed by atoms with Crippen LogP contribution in [0.3, 0.4) is 0 Å². The van der Waals surface area contributed by atoms with E-state index in [1.54, 1.807) is 25.2 Å². The zero-order chi connectivity index (χ0) is 11.2. The molecule has 1 aromatic carbocycles. The Labute approximate surface area is 87.4 Å². The second-order valence-electron chi connectivity index (χ2n) is 3.38. The number of fused-ring (bicyclic) bond motifs is 1. The third-order valence-electron chi connectivity index (χ3n) is 2.44. The number of rotatable bonds is 1. The van der Waals surface area contributed by atoms with Gasteiger partial charge in [0.15, 0.2) is 0 Å². The number of anilines is 1. The summed E-state index contributed by atoms with van der Waals surface area (Å²) in [5.41, 5.74) is 5.60. The minimum Gasteiger partial charge on any atom is -0.367 e. The van der Waals surface area contributed by atoms with Crippen molar-refractivity contribution in [2.45, 2.75) is 10.3 Å². The van der Waals surface area contributed by atoms with Gasteiger partial charge in [-0.3, -0.25) is 4.79 Å². The average molecular weight is 226 g/mol. The van der Waals surface area contributed by atoms with E-state index in [2.05, 4.69) is 0 Å². The number of hydrogen-bond acceptors (Lipinski definition) is 4. The van der Waals surface area contributed by atoms with Crippen molar-refractivity contribution < 1.29 is 13.2 Å². The Morgan fingerprint density at radius 1 is 1.40 bits per heavy atom. The van der Waals surface area contributed by atoms with Gasteiger partial charge in [-0.2, -0.15) is 0 Å². The highest BCUT2D eigenvalue weighted by Gasteiger charge is 2.44. The van der Waals surface area contributed by atoms with Crippen molar-refractivity contribution in [3.05, 3.63) is 24.3 Å². The number of carbonyl (C=O) groups is 1. The molecule has 0 bridgehead atoms. The molecule has 0 saturated carbocycles. The summed E-state index contributed by atoms with van der Waals surface area (Å²) in [6.07, 6.45) is 0. The molecular weight excluding hydrogens is 216 g/mol. The van der Waals surface area contributed by atoms with Crippen molar-refractivity contribution in [3.63, 3.8) is 0 Å². The summed E-state index contributed by atoms with van der Waals surface area (Å²) >= 11 is 0. The number of nitrogens with two attached hydrogens (primary N) is 1. The molecule has 15 heavy (non-hydrogen) atoms. The monoisotopic (exact) mass is 226 g/mol. The molecule has 1 aliphatic heterocycles. The van der Waals surface area contributed by atoms with Crippen LogP contribution >= 0.6 is 0 Å². The Morgan fingerprint density at radius 2 is 2.00 bits per heavy atom. The van der Waals surface area contributed by atoms with E-state index in [0.29, 0.717) is 5.69 Å². The van der Waals surface area contributed by atoms with Crippen molar-refractivity contribution in [1.29, 1.82) is 0 Å². The van der Waals surface area contributed by atoms with Gasteiger partial charge in [-0.25, -0.2) is 8.42 Å². The number of nitrogens with zero attached hydrogens (tertiary/aromatic N) is 1. The van der Waals surface area contributed by atoms with Gasteiger partial charge >= 0.3 is 0 Å². The molecule has 6 heteroatoms. The summed E-state index contributed by atoms with van der Waals surface area (Å²) in [4.78, 5) is 12.6. The Hall–Kier alpha value is -1.56. The van der Waals surface area contributed by atoms with Gasteiger partial charge in [-0.15, -0.1) is 0 Å². The van der Waals surface area contributed by atoms with Crippen LogP contribution in [0.4, 0.5) is 5.69 Å². The maximum absolute atomic E-state index is 11.9. The molecule has 1 aliphatic rings. The van der Waals surface area contributed by atoms with E-state index in [-0.39, 0.29) is 4.90 Å². The largest absolute Gasteiger partial charge is 0.367 e. The number of sulfone groups is 1. The minimum absolute atomic E-state index is 0.163. The van der Waals surface area contributed by atoms with Gasteiger partial charge in [-0.1, -0.05) is 12.1 Å². The van der Waals surface area contributed by atoms with E-state index in [4.69, 9.17) is 5.73 Å². The summed E-state index contributed by atoms with van der Waals surface area (Å²) in [6.45, 7) is 0. The highest BCUT2D eigenvalue weighted by atomic mass is 32.2. The topological polar surface area (TPSA) is 80.5 Å². The number of hydrogen-bond donors (Lipinski definition) is 1. The van der Waals surface area contributed by atoms with Crippen LogP contribution in [0.5, 0.6) is 0 Å². The first-order valence-electron chi connectivity index (χ1n) is 4.31. The van der Waals surface area contributed by atoms with Crippen molar-refractivity contribution >= 4 is 21.4 Å². The fourth-order valence-electron chi connectivity index (χ4n) is 1.79. The van der Waals surface area contributed by atoms with Crippen LogP contribution in [-0.4, -0.2) is 26.7 Å². The Balaban J connectivity index is 2.71. The molecule has 1 unspecified atom stereocenters. The SMILES string of the molecule is CN1c2ccccc2S(=O)(=O)C1C(N)=O. The highest BCUT2D eigenvalue weighted by molar-refractivity contribution is 7.93. The van der Waals surface area contributed by atoms with Gasteiger partial charge in [0.05, 0.1) is 10.6 Å². The molecular formula is C9H10N2O3S. The van der Waals surface area contributed by atoms with Gasteiger partial charge in [0.2, 0.25) is 15.2 Å². The quantitative estimate of drug-likeness (QED) is 0.714. The standard InChI is InChI=1S/C9H10N2O3S/c1-11-6-4-2-3-5-7(6)15(13,14)9(11)8(10)12/h2-5,9H,1H3,(H2,10,12). The normalized spacial score (nSPS) is 22.5. The van der Waals surface area contributed by atoms with E-state index in [1.807, 2.05) is 0 Å². The second kappa shape index (κ2) is 2.96. The van der Waals surface area contributed by atoms with E-state index in [1.165, 1.54) is 11.0 Å². The van der Waals surface area contributed by atoms with Crippen molar-refractivity contribution in [3.8, 4) is 0 Å². The summed E-state index contributed by atoms with van der Waals surface area (Å²) in [6, 6.07) is 6.46. The maximum Gasteiger partial charge on any atom is 0.256 e. The van der Waals surface area contributed by atoms with Crippen LogP contribution in [0.2, 0.25) is 0 Å². The Morgan fingerprint density at radius 3 is 2.53 bits per heavy atom. The number of amides is 1. The van der Waals surface area contributed by atoms with E-state index in [0.717, 1.165) is 0 Å². The molecule has 0 saturated heterocycles. The van der Waals surface area contributed by atoms with Crippen LogP contribution < -0.4 is 10.6 Å². The lowest BCUT2D eigenvalue weighted by molar-refractivity contribution is -0.117. The first kappa shape index (κ1) is 9.97. The fraction of sp³-hybridized carbons (Fsp3) is 0.222. The molecule has 0 fully saturated rings. The van der Waals surface area contributed by atoms with Crippen LogP contribution in [0.15, 0.2) is 29.2 Å². The third-order valence-corrected chi connectivity index (χ3v) is 4.54. The number of benzene rings is 1. The maximum atomic E-state index is 11.9. The summed E-state index contributed by atoms with van der Waals surface area (Å²) in [5, 5.41) is -1.28. The number of likely N-dealkylation sites (N-methyl/N-ethyl adjacent to an activating group) is 1. The summed E-state index contributed by atoms with van der Waals surface area (Å²) in [5.74, 6) is -0.853. The average Bonchev–Trinajstić information content (AvgIpc) is 2.36. The van der Waals surface area contributed by atoms with Gasteiger partial charge in [0.25, 0.3) is 5.91 Å². The summed E-state index contributed by atoms with van der Waals surface area (Å²) in [7, 11) is -2.10. The lowest BCUT2D eigenvalue weighted by atomic mass is 10.3. The van der Waals surface area contributed by atoms with Gasteiger partial charge in [0.1, 0.15) is 0 Å². The lowest BCUT2D eigenvalue weighted by Crippen LogP contribution is -2.43. The molecule has 0 aromatic heterocycles. The smallest absolute Gasteiger partial charge is 0.256 e. The molecule has 1 amide bonds. The summed E-state index contributed by atoms with van der Waals surface area (Å²) < 4.78 is 23.8. The van der Waals surface area contributed by atoms with E-state index >= 15 is 0 Å². The predicted molar refractivity (Wildman–Crippen MR) is 55.0 cm³/mol. The molecule has 0 radical (unpaired) electrons. The van der Waals surface area contributed by atoms with Crippen LogP contribution in [0, 0.1) is 0 Å². The van der Waals surface area contributed by atoms with E-state index in [9.17, 15) is 13.2 Å². The molecule has 1 heterocycles. The third kappa shape index (κ3) is 1.21. The fourth-order valence-corrected chi connectivity index (χ4v) is 3.64. The first-order chi connectivity index (χ1) is 6.96. The molecule has 0 spiro atoms. The van der Waals surface area contributed by atoms with Crippen molar-refractivity contribution in [2.75, 3.05) is 11.9 Å². The number of primary amides is 1. The van der Waals surface area contributed by atoms with E-state index < -0.39 is 21.1 Å². The minimum atomic E-state index is -3.64. The van der Waals surface area contributed by atoms with Crippen LogP contribution in [-0.2, 0) is 14.6 Å². The zero-order valence-corrected chi connectivity index (χ0v) is 8.86. The molecule has 80 valence electrons. The molecule has 2 N–H and O–H groups in total.